The summed E-state index contributed by atoms with van der Waals surface area (Å²) in [7, 11) is 0. The maximum atomic E-state index is 4.45. The third-order valence-electron chi connectivity index (χ3n) is 2.47. The summed E-state index contributed by atoms with van der Waals surface area (Å²) >= 11 is 1.95. The summed E-state index contributed by atoms with van der Waals surface area (Å²) in [6.45, 7) is 4.31. The Balaban J connectivity index is 2.10. The van der Waals surface area contributed by atoms with Crippen LogP contribution >= 0.6 is 11.8 Å². The van der Waals surface area contributed by atoms with Crippen molar-refractivity contribution in [2.75, 3.05) is 5.75 Å². The van der Waals surface area contributed by atoms with Gasteiger partial charge in [-0.3, -0.25) is 10.3 Å². The molecular formula is C11H16N2S. The van der Waals surface area contributed by atoms with E-state index in [1.807, 2.05) is 18.0 Å². The van der Waals surface area contributed by atoms with Crippen LogP contribution in [0.1, 0.15) is 30.0 Å². The topological polar surface area (TPSA) is 24.9 Å². The highest BCUT2D eigenvalue weighted by atomic mass is 32.2. The van der Waals surface area contributed by atoms with E-state index in [0.29, 0.717) is 11.4 Å². The quantitative estimate of drug-likeness (QED) is 0.767. The maximum Gasteiger partial charge on any atom is 0.0964 e. The van der Waals surface area contributed by atoms with E-state index in [4.69, 9.17) is 0 Å². The first-order valence-corrected chi connectivity index (χ1v) is 6.11. The molecule has 2 rings (SSSR count). The minimum absolute atomic E-state index is 0.388. The molecule has 76 valence electrons. The van der Waals surface area contributed by atoms with Gasteiger partial charge < -0.3 is 0 Å². The number of aryl methyl sites for hydroxylation is 1. The molecule has 0 amide bonds. The van der Waals surface area contributed by atoms with E-state index >= 15 is 0 Å². The van der Waals surface area contributed by atoms with Gasteiger partial charge >= 0.3 is 0 Å². The van der Waals surface area contributed by atoms with Crippen molar-refractivity contribution in [3.63, 3.8) is 0 Å². The van der Waals surface area contributed by atoms with Crippen molar-refractivity contribution < 1.29 is 0 Å². The van der Waals surface area contributed by atoms with Crippen LogP contribution in [0.5, 0.6) is 0 Å². The largest absolute Gasteiger partial charge is 0.298 e. The van der Waals surface area contributed by atoms with Crippen LogP contribution in [0.25, 0.3) is 0 Å². The number of pyridine rings is 1. The van der Waals surface area contributed by atoms with Crippen molar-refractivity contribution in [3.05, 3.63) is 29.6 Å². The van der Waals surface area contributed by atoms with Gasteiger partial charge in [0, 0.05) is 12.2 Å². The molecule has 2 nitrogen and oxygen atoms in total. The maximum absolute atomic E-state index is 4.45. The lowest BCUT2D eigenvalue weighted by Crippen LogP contribution is -2.33. The molecule has 2 unspecified atom stereocenters. The molecule has 0 aliphatic carbocycles. The molecule has 0 spiro atoms. The monoisotopic (exact) mass is 208 g/mol. The van der Waals surface area contributed by atoms with Gasteiger partial charge in [0.15, 0.2) is 0 Å². The first kappa shape index (κ1) is 9.99. The molecule has 0 radical (unpaired) electrons. The molecule has 3 heteroatoms. The van der Waals surface area contributed by atoms with Crippen LogP contribution < -0.4 is 5.32 Å². The van der Waals surface area contributed by atoms with Crippen LogP contribution in [0.3, 0.4) is 0 Å². The molecule has 1 aliphatic rings. The van der Waals surface area contributed by atoms with Gasteiger partial charge in [-0.1, -0.05) is 6.07 Å². The minimum Gasteiger partial charge on any atom is -0.298 e. The zero-order valence-electron chi connectivity index (χ0n) is 8.66. The Morgan fingerprint density at radius 3 is 3.00 bits per heavy atom. The highest BCUT2D eigenvalue weighted by Crippen LogP contribution is 2.30. The number of nitrogens with zero attached hydrogens (tertiary/aromatic N) is 1. The van der Waals surface area contributed by atoms with Crippen LogP contribution in [0, 0.1) is 6.92 Å². The second-order valence-corrected chi connectivity index (χ2v) is 5.08. The van der Waals surface area contributed by atoms with Crippen molar-refractivity contribution in [3.8, 4) is 0 Å². The number of hydrogen-bond donors (Lipinski definition) is 1. The average molecular weight is 208 g/mol. The Kier molecular flexibility index (Phi) is 3.08. The van der Waals surface area contributed by atoms with Crippen molar-refractivity contribution in [1.29, 1.82) is 0 Å². The molecule has 0 bridgehead atoms. The predicted molar refractivity (Wildman–Crippen MR) is 61.4 cm³/mol. The Morgan fingerprint density at radius 1 is 1.50 bits per heavy atom. The van der Waals surface area contributed by atoms with Crippen molar-refractivity contribution in [1.82, 2.24) is 10.3 Å². The van der Waals surface area contributed by atoms with Crippen LogP contribution in [-0.4, -0.2) is 16.8 Å². The first-order chi connectivity index (χ1) is 6.75. The van der Waals surface area contributed by atoms with Crippen molar-refractivity contribution in [2.24, 2.45) is 0 Å². The Bertz CT molecular complexity index is 297. The van der Waals surface area contributed by atoms with E-state index in [1.165, 1.54) is 17.7 Å². The van der Waals surface area contributed by atoms with E-state index in [2.05, 4.69) is 36.3 Å². The zero-order chi connectivity index (χ0) is 9.97. The van der Waals surface area contributed by atoms with Gasteiger partial charge in [-0.25, -0.2) is 0 Å². The van der Waals surface area contributed by atoms with Gasteiger partial charge in [0.1, 0.15) is 0 Å². The smallest absolute Gasteiger partial charge is 0.0964 e. The third-order valence-corrected chi connectivity index (χ3v) is 3.66. The summed E-state index contributed by atoms with van der Waals surface area (Å²) < 4.78 is 0. The van der Waals surface area contributed by atoms with Crippen LogP contribution in [0.15, 0.2) is 18.3 Å². The molecule has 0 aromatic carbocycles. The Labute approximate surface area is 89.5 Å². The number of hydrogen-bond acceptors (Lipinski definition) is 3. The second-order valence-electron chi connectivity index (χ2n) is 3.87. The third kappa shape index (κ3) is 2.28. The fourth-order valence-corrected chi connectivity index (χ4v) is 2.92. The molecule has 2 heterocycles. The molecule has 1 aromatic rings. The number of rotatable bonds is 1. The van der Waals surface area contributed by atoms with E-state index in [0.717, 1.165) is 5.69 Å². The molecule has 1 aliphatic heterocycles. The SMILES string of the molecule is Cc1ccc(C2NC(C)CCS2)nc1. The van der Waals surface area contributed by atoms with Gasteiger partial charge in [-0.15, -0.1) is 11.8 Å². The standard InChI is InChI=1S/C11H16N2S/c1-8-3-4-10(12-7-8)11-13-9(2)5-6-14-11/h3-4,7,9,11,13H,5-6H2,1-2H3. The van der Waals surface area contributed by atoms with Gasteiger partial charge in [0.05, 0.1) is 11.1 Å². The molecule has 1 fully saturated rings. The molecule has 14 heavy (non-hydrogen) atoms. The van der Waals surface area contributed by atoms with Crippen LogP contribution in [0.4, 0.5) is 0 Å². The van der Waals surface area contributed by atoms with Crippen LogP contribution in [-0.2, 0) is 0 Å². The molecule has 1 aromatic heterocycles. The normalized spacial score (nSPS) is 27.6. The van der Waals surface area contributed by atoms with Gasteiger partial charge in [0.2, 0.25) is 0 Å². The zero-order valence-corrected chi connectivity index (χ0v) is 9.47. The predicted octanol–water partition coefficient (Wildman–Crippen LogP) is 2.50. The lowest BCUT2D eigenvalue weighted by molar-refractivity contribution is 0.506. The van der Waals surface area contributed by atoms with Crippen molar-refractivity contribution in [2.45, 2.75) is 31.7 Å². The average Bonchev–Trinajstić information content (AvgIpc) is 2.19. The Morgan fingerprint density at radius 2 is 2.36 bits per heavy atom. The highest BCUT2D eigenvalue weighted by molar-refractivity contribution is 7.99. The van der Waals surface area contributed by atoms with E-state index < -0.39 is 0 Å². The molecule has 1 N–H and O–H groups in total. The van der Waals surface area contributed by atoms with E-state index in [9.17, 15) is 0 Å². The first-order valence-electron chi connectivity index (χ1n) is 5.06. The summed E-state index contributed by atoms with van der Waals surface area (Å²) in [5, 5.41) is 3.94. The minimum atomic E-state index is 0.388. The second kappa shape index (κ2) is 4.32. The van der Waals surface area contributed by atoms with Crippen molar-refractivity contribution >= 4 is 11.8 Å². The number of thioether (sulfide) groups is 1. The lowest BCUT2D eigenvalue weighted by atomic mass is 10.2. The summed E-state index contributed by atoms with van der Waals surface area (Å²) in [5.74, 6) is 1.23. The molecule has 1 saturated heterocycles. The highest BCUT2D eigenvalue weighted by Gasteiger charge is 2.20. The lowest BCUT2D eigenvalue weighted by Gasteiger charge is -2.27. The van der Waals surface area contributed by atoms with Gasteiger partial charge in [-0.05, 0) is 37.7 Å². The van der Waals surface area contributed by atoms with Gasteiger partial charge in [0.25, 0.3) is 0 Å². The van der Waals surface area contributed by atoms with E-state index in [1.54, 1.807) is 0 Å². The molecule has 2 atom stereocenters. The molecular weight excluding hydrogens is 192 g/mol. The van der Waals surface area contributed by atoms with Crippen LogP contribution in [0.2, 0.25) is 0 Å². The summed E-state index contributed by atoms with van der Waals surface area (Å²) in [6, 6.07) is 4.87. The summed E-state index contributed by atoms with van der Waals surface area (Å²) in [4.78, 5) is 4.45. The van der Waals surface area contributed by atoms with E-state index in [-0.39, 0.29) is 0 Å². The Hall–Kier alpha value is -0.540. The summed E-state index contributed by atoms with van der Waals surface area (Å²) in [5.41, 5.74) is 2.38. The molecule has 0 saturated carbocycles. The number of nitrogens with one attached hydrogen (secondary N) is 1. The number of aromatic nitrogens is 1. The fraction of sp³-hybridized carbons (Fsp3) is 0.545. The fourth-order valence-electron chi connectivity index (χ4n) is 1.56. The summed E-state index contributed by atoms with van der Waals surface area (Å²) in [6.07, 6.45) is 3.20. The van der Waals surface area contributed by atoms with Gasteiger partial charge in [-0.2, -0.15) is 0 Å².